The van der Waals surface area contributed by atoms with Gasteiger partial charge in [0, 0.05) is 23.4 Å². The molecule has 2 N–H and O–H groups in total. The van der Waals surface area contributed by atoms with Crippen molar-refractivity contribution in [1.29, 1.82) is 0 Å². The van der Waals surface area contributed by atoms with Crippen molar-refractivity contribution in [2.75, 3.05) is 11.9 Å². The molecule has 2 aromatic carbocycles. The quantitative estimate of drug-likeness (QED) is 0.559. The van der Waals surface area contributed by atoms with Crippen molar-refractivity contribution in [3.63, 3.8) is 0 Å². The molecule has 0 aliphatic heterocycles. The van der Waals surface area contributed by atoms with E-state index in [1.54, 1.807) is 0 Å². The van der Waals surface area contributed by atoms with Gasteiger partial charge >= 0.3 is 0 Å². The number of hydrogen-bond acceptors (Lipinski definition) is 3. The van der Waals surface area contributed by atoms with E-state index >= 15 is 0 Å². The molecule has 0 bridgehead atoms. The first-order valence-electron chi connectivity index (χ1n) is 8.98. The van der Waals surface area contributed by atoms with E-state index in [0.717, 1.165) is 22.8 Å². The number of hydrogen-bond donors (Lipinski definition) is 2. The van der Waals surface area contributed by atoms with Crippen molar-refractivity contribution in [2.24, 2.45) is 5.92 Å². The molecule has 1 heterocycles. The van der Waals surface area contributed by atoms with Gasteiger partial charge in [0.05, 0.1) is 11.6 Å². The molecule has 0 radical (unpaired) electrons. The zero-order valence-corrected chi connectivity index (χ0v) is 16.2. The standard InChI is InChI=1S/C22H23ClN2O2/c1-15(2)13-25-22(26)16-6-5-7-17(12-16)24-14-18-10-11-21(27-18)19-8-3-4-9-20(19)23/h3-12,15,24H,13-14H2,1-2H3,(H,25,26). The average Bonchev–Trinajstić information content (AvgIpc) is 3.14. The summed E-state index contributed by atoms with van der Waals surface area (Å²) in [6, 6.07) is 18.9. The average molecular weight is 383 g/mol. The highest BCUT2D eigenvalue weighted by Crippen LogP contribution is 2.29. The van der Waals surface area contributed by atoms with Crippen molar-refractivity contribution >= 4 is 23.2 Å². The lowest BCUT2D eigenvalue weighted by Gasteiger charge is -2.09. The second-order valence-electron chi connectivity index (χ2n) is 6.78. The Balaban J connectivity index is 1.63. The maximum atomic E-state index is 12.2. The Labute approximate surface area is 164 Å². The molecule has 0 saturated carbocycles. The highest BCUT2D eigenvalue weighted by atomic mass is 35.5. The molecule has 0 atom stereocenters. The molecule has 0 saturated heterocycles. The number of halogens is 1. The largest absolute Gasteiger partial charge is 0.459 e. The van der Waals surface area contributed by atoms with Crippen molar-refractivity contribution < 1.29 is 9.21 Å². The Morgan fingerprint density at radius 1 is 1.07 bits per heavy atom. The summed E-state index contributed by atoms with van der Waals surface area (Å²) in [5.41, 5.74) is 2.37. The minimum absolute atomic E-state index is 0.0636. The number of carbonyl (C=O) groups is 1. The molecular formula is C22H23ClN2O2. The van der Waals surface area contributed by atoms with Gasteiger partial charge in [0.15, 0.2) is 0 Å². The molecule has 3 aromatic rings. The van der Waals surface area contributed by atoms with E-state index in [1.807, 2.05) is 60.7 Å². The number of anilines is 1. The van der Waals surface area contributed by atoms with Gasteiger partial charge in [-0.25, -0.2) is 0 Å². The Bertz CT molecular complexity index is 918. The third kappa shape index (κ3) is 5.14. The predicted molar refractivity (Wildman–Crippen MR) is 110 cm³/mol. The van der Waals surface area contributed by atoms with Gasteiger partial charge in [0.1, 0.15) is 11.5 Å². The van der Waals surface area contributed by atoms with Gasteiger partial charge in [-0.3, -0.25) is 4.79 Å². The number of carbonyl (C=O) groups excluding carboxylic acids is 1. The van der Waals surface area contributed by atoms with E-state index in [1.165, 1.54) is 0 Å². The number of nitrogens with one attached hydrogen (secondary N) is 2. The van der Waals surface area contributed by atoms with E-state index in [0.29, 0.717) is 29.6 Å². The maximum absolute atomic E-state index is 12.2. The highest BCUT2D eigenvalue weighted by Gasteiger charge is 2.09. The third-order valence-electron chi connectivity index (χ3n) is 4.06. The summed E-state index contributed by atoms with van der Waals surface area (Å²) >= 11 is 6.22. The van der Waals surface area contributed by atoms with Crippen molar-refractivity contribution in [2.45, 2.75) is 20.4 Å². The van der Waals surface area contributed by atoms with Crippen LogP contribution in [0.1, 0.15) is 30.0 Å². The molecule has 4 nitrogen and oxygen atoms in total. The fourth-order valence-corrected chi connectivity index (χ4v) is 2.87. The first kappa shape index (κ1) is 19.1. The van der Waals surface area contributed by atoms with E-state index in [2.05, 4.69) is 24.5 Å². The zero-order valence-electron chi connectivity index (χ0n) is 15.5. The van der Waals surface area contributed by atoms with Crippen LogP contribution in [0.25, 0.3) is 11.3 Å². The third-order valence-corrected chi connectivity index (χ3v) is 4.39. The van der Waals surface area contributed by atoms with E-state index in [4.69, 9.17) is 16.0 Å². The van der Waals surface area contributed by atoms with Gasteiger partial charge < -0.3 is 15.1 Å². The summed E-state index contributed by atoms with van der Waals surface area (Å²) in [4.78, 5) is 12.2. The van der Waals surface area contributed by atoms with Crippen LogP contribution in [0.5, 0.6) is 0 Å². The lowest BCUT2D eigenvalue weighted by Crippen LogP contribution is -2.27. The Kier molecular flexibility index (Phi) is 6.20. The van der Waals surface area contributed by atoms with E-state index in [9.17, 15) is 4.79 Å². The monoisotopic (exact) mass is 382 g/mol. The summed E-state index contributed by atoms with van der Waals surface area (Å²) < 4.78 is 5.89. The first-order valence-corrected chi connectivity index (χ1v) is 9.36. The molecule has 1 aromatic heterocycles. The van der Waals surface area contributed by atoms with E-state index < -0.39 is 0 Å². The van der Waals surface area contributed by atoms with Crippen LogP contribution >= 0.6 is 11.6 Å². The smallest absolute Gasteiger partial charge is 0.251 e. The lowest BCUT2D eigenvalue weighted by atomic mass is 10.1. The predicted octanol–water partition coefficient (Wildman–Crippen LogP) is 5.60. The van der Waals surface area contributed by atoms with Crippen LogP contribution in [0.2, 0.25) is 5.02 Å². The molecule has 0 unspecified atom stereocenters. The number of rotatable bonds is 7. The van der Waals surface area contributed by atoms with Crippen molar-refractivity contribution in [3.8, 4) is 11.3 Å². The molecule has 0 fully saturated rings. The molecule has 3 rings (SSSR count). The summed E-state index contributed by atoms with van der Waals surface area (Å²) in [7, 11) is 0. The first-order chi connectivity index (χ1) is 13.0. The van der Waals surface area contributed by atoms with Crippen LogP contribution in [0.3, 0.4) is 0 Å². The summed E-state index contributed by atoms with van der Waals surface area (Å²) in [5.74, 6) is 1.88. The van der Waals surface area contributed by atoms with Gasteiger partial charge in [0.2, 0.25) is 0 Å². The molecule has 140 valence electrons. The zero-order chi connectivity index (χ0) is 19.2. The van der Waals surface area contributed by atoms with Crippen LogP contribution in [0.15, 0.2) is 65.1 Å². The van der Waals surface area contributed by atoms with Crippen LogP contribution in [0.4, 0.5) is 5.69 Å². The fourth-order valence-electron chi connectivity index (χ4n) is 2.64. The molecular weight excluding hydrogens is 360 g/mol. The van der Waals surface area contributed by atoms with Crippen LogP contribution in [-0.2, 0) is 6.54 Å². The summed E-state index contributed by atoms with van der Waals surface area (Å²) in [6.45, 7) is 5.31. The minimum Gasteiger partial charge on any atom is -0.459 e. The second kappa shape index (κ2) is 8.78. The number of amides is 1. The molecule has 1 amide bonds. The molecule has 0 spiro atoms. The molecule has 27 heavy (non-hydrogen) atoms. The van der Waals surface area contributed by atoms with E-state index in [-0.39, 0.29) is 5.91 Å². The number of furan rings is 1. The second-order valence-corrected chi connectivity index (χ2v) is 7.19. The van der Waals surface area contributed by atoms with Gasteiger partial charge in [-0.2, -0.15) is 0 Å². The Morgan fingerprint density at radius 3 is 2.67 bits per heavy atom. The topological polar surface area (TPSA) is 54.3 Å². The lowest BCUT2D eigenvalue weighted by molar-refractivity contribution is 0.0949. The van der Waals surface area contributed by atoms with Crippen LogP contribution < -0.4 is 10.6 Å². The fraction of sp³-hybridized carbons (Fsp3) is 0.227. The Morgan fingerprint density at radius 2 is 1.89 bits per heavy atom. The Hall–Kier alpha value is -2.72. The van der Waals surface area contributed by atoms with Gasteiger partial charge in [-0.05, 0) is 48.4 Å². The van der Waals surface area contributed by atoms with Gasteiger partial charge in [-0.15, -0.1) is 0 Å². The van der Waals surface area contributed by atoms with Crippen LogP contribution in [-0.4, -0.2) is 12.5 Å². The SMILES string of the molecule is CC(C)CNC(=O)c1cccc(NCc2ccc(-c3ccccc3Cl)o2)c1. The highest BCUT2D eigenvalue weighted by molar-refractivity contribution is 6.33. The molecule has 5 heteroatoms. The molecule has 0 aliphatic carbocycles. The maximum Gasteiger partial charge on any atom is 0.251 e. The summed E-state index contributed by atoms with van der Waals surface area (Å²) in [6.07, 6.45) is 0. The normalized spacial score (nSPS) is 10.8. The summed E-state index contributed by atoms with van der Waals surface area (Å²) in [5, 5.41) is 6.88. The van der Waals surface area contributed by atoms with Crippen molar-refractivity contribution in [1.82, 2.24) is 5.32 Å². The minimum atomic E-state index is -0.0636. The number of benzene rings is 2. The van der Waals surface area contributed by atoms with Crippen molar-refractivity contribution in [3.05, 3.63) is 77.0 Å². The molecule has 0 aliphatic rings. The van der Waals surface area contributed by atoms with Gasteiger partial charge in [-0.1, -0.05) is 43.6 Å². The van der Waals surface area contributed by atoms with Gasteiger partial charge in [0.25, 0.3) is 5.91 Å². The van der Waals surface area contributed by atoms with Crippen LogP contribution in [0, 0.1) is 5.92 Å².